The molecule has 4 rings (SSSR count). The Bertz CT molecular complexity index is 831. The fourth-order valence-corrected chi connectivity index (χ4v) is 4.07. The third-order valence-corrected chi connectivity index (χ3v) is 5.68. The van der Waals surface area contributed by atoms with E-state index in [0.29, 0.717) is 13.0 Å². The molecule has 2 aliphatic rings. The fraction of sp³-hybridized carbons (Fsp3) is 0.409. The first-order valence-corrected chi connectivity index (χ1v) is 10.1. The van der Waals surface area contributed by atoms with Crippen molar-refractivity contribution in [3.63, 3.8) is 0 Å². The van der Waals surface area contributed by atoms with E-state index < -0.39 is 0 Å². The number of quaternary nitrogens is 1. The Morgan fingerprint density at radius 3 is 2.54 bits per heavy atom. The second kappa shape index (κ2) is 8.52. The second-order valence-corrected chi connectivity index (χ2v) is 7.69. The van der Waals surface area contributed by atoms with Crippen molar-refractivity contribution in [1.29, 1.82) is 0 Å². The van der Waals surface area contributed by atoms with Crippen molar-refractivity contribution in [2.75, 3.05) is 32.7 Å². The zero-order chi connectivity index (χ0) is 19.3. The van der Waals surface area contributed by atoms with E-state index in [4.69, 9.17) is 0 Å². The van der Waals surface area contributed by atoms with Crippen LogP contribution in [-0.2, 0) is 17.9 Å². The average Bonchev–Trinajstić information content (AvgIpc) is 3.13. The van der Waals surface area contributed by atoms with Gasteiger partial charge in [0.1, 0.15) is 6.54 Å². The molecular weight excluding hydrogens is 352 g/mol. The molecule has 2 saturated heterocycles. The van der Waals surface area contributed by atoms with Gasteiger partial charge in [-0.05, 0) is 36.2 Å². The summed E-state index contributed by atoms with van der Waals surface area (Å²) in [5.41, 5.74) is 3.04. The lowest BCUT2D eigenvalue weighted by atomic mass is 10.1. The zero-order valence-corrected chi connectivity index (χ0v) is 16.1. The Morgan fingerprint density at radius 2 is 1.82 bits per heavy atom. The number of carbonyl (C=O) groups excluding carboxylic acids is 2. The van der Waals surface area contributed by atoms with E-state index in [9.17, 15) is 9.59 Å². The number of piperazine rings is 1. The van der Waals surface area contributed by atoms with Gasteiger partial charge in [0.25, 0.3) is 5.91 Å². The second-order valence-electron chi connectivity index (χ2n) is 7.69. The van der Waals surface area contributed by atoms with Crippen LogP contribution in [0.3, 0.4) is 0 Å². The number of nitrogens with one attached hydrogen (secondary N) is 1. The first-order valence-electron chi connectivity index (χ1n) is 10.1. The summed E-state index contributed by atoms with van der Waals surface area (Å²) < 4.78 is 0. The molecule has 0 saturated carbocycles. The quantitative estimate of drug-likeness (QED) is 0.834. The summed E-state index contributed by atoms with van der Waals surface area (Å²) in [5, 5.41) is 0. The molecule has 0 atom stereocenters. The molecule has 146 valence electrons. The standard InChI is InChI=1S/C22H26N4O2/c27-21-5-2-10-26(21)17-19-3-1-4-20(15-19)22(28)25-13-11-24(12-14-25)16-18-6-8-23-9-7-18/h1,3-4,6-9,15H,2,5,10-14,16-17H2/p+1. The maximum atomic E-state index is 12.9. The summed E-state index contributed by atoms with van der Waals surface area (Å²) in [4.78, 5) is 34.2. The van der Waals surface area contributed by atoms with Crippen LogP contribution in [0.5, 0.6) is 0 Å². The summed E-state index contributed by atoms with van der Waals surface area (Å²) in [6, 6.07) is 11.9. The van der Waals surface area contributed by atoms with Crippen molar-refractivity contribution < 1.29 is 14.5 Å². The number of benzene rings is 1. The van der Waals surface area contributed by atoms with Gasteiger partial charge in [-0.15, -0.1) is 0 Å². The molecular formula is C22H27N4O2+. The monoisotopic (exact) mass is 379 g/mol. The summed E-state index contributed by atoms with van der Waals surface area (Å²) in [6.07, 6.45) is 5.24. The van der Waals surface area contributed by atoms with Crippen LogP contribution in [0.2, 0.25) is 0 Å². The van der Waals surface area contributed by atoms with Gasteiger partial charge in [-0.1, -0.05) is 12.1 Å². The predicted molar refractivity (Wildman–Crippen MR) is 106 cm³/mol. The van der Waals surface area contributed by atoms with Crippen molar-refractivity contribution in [3.8, 4) is 0 Å². The molecule has 1 aromatic heterocycles. The normalized spacial score (nSPS) is 17.9. The molecule has 28 heavy (non-hydrogen) atoms. The Hall–Kier alpha value is -2.73. The molecule has 0 spiro atoms. The molecule has 2 fully saturated rings. The number of likely N-dealkylation sites (tertiary alicyclic amines) is 1. The highest BCUT2D eigenvalue weighted by Crippen LogP contribution is 2.16. The Balaban J connectivity index is 1.33. The summed E-state index contributed by atoms with van der Waals surface area (Å²) in [5.74, 6) is 0.308. The van der Waals surface area contributed by atoms with E-state index in [1.165, 1.54) is 10.5 Å². The van der Waals surface area contributed by atoms with Crippen LogP contribution in [-0.4, -0.2) is 59.3 Å². The number of hydrogen-bond acceptors (Lipinski definition) is 3. The van der Waals surface area contributed by atoms with Gasteiger partial charge in [-0.25, -0.2) is 0 Å². The molecule has 2 aromatic rings. The van der Waals surface area contributed by atoms with Gasteiger partial charge in [-0.2, -0.15) is 0 Å². The van der Waals surface area contributed by atoms with Crippen LogP contribution < -0.4 is 4.90 Å². The van der Waals surface area contributed by atoms with Crippen LogP contribution in [0.1, 0.15) is 34.3 Å². The van der Waals surface area contributed by atoms with Crippen LogP contribution in [0.15, 0.2) is 48.8 Å². The molecule has 3 heterocycles. The molecule has 1 aromatic carbocycles. The highest BCUT2D eigenvalue weighted by molar-refractivity contribution is 5.94. The lowest BCUT2D eigenvalue weighted by Crippen LogP contribution is -3.13. The average molecular weight is 379 g/mol. The van der Waals surface area contributed by atoms with E-state index >= 15 is 0 Å². The number of rotatable bonds is 5. The maximum Gasteiger partial charge on any atom is 0.254 e. The minimum atomic E-state index is 0.0950. The first-order chi connectivity index (χ1) is 13.7. The molecule has 6 nitrogen and oxygen atoms in total. The number of aromatic nitrogens is 1. The van der Waals surface area contributed by atoms with E-state index in [-0.39, 0.29) is 11.8 Å². The molecule has 0 unspecified atom stereocenters. The van der Waals surface area contributed by atoms with Gasteiger partial charge in [0.15, 0.2) is 0 Å². The summed E-state index contributed by atoms with van der Waals surface area (Å²) >= 11 is 0. The van der Waals surface area contributed by atoms with Crippen molar-refractivity contribution in [2.24, 2.45) is 0 Å². The van der Waals surface area contributed by atoms with Crippen LogP contribution in [0, 0.1) is 0 Å². The van der Waals surface area contributed by atoms with Crippen LogP contribution in [0.4, 0.5) is 0 Å². The molecule has 2 amide bonds. The molecule has 0 bridgehead atoms. The maximum absolute atomic E-state index is 12.9. The van der Waals surface area contributed by atoms with E-state index in [2.05, 4.69) is 17.1 Å². The number of nitrogens with zero attached hydrogens (tertiary/aromatic N) is 3. The van der Waals surface area contributed by atoms with Gasteiger partial charge in [0.2, 0.25) is 5.91 Å². The first kappa shape index (κ1) is 18.6. The Labute approximate surface area is 165 Å². The third kappa shape index (κ3) is 4.39. The van der Waals surface area contributed by atoms with Crippen molar-refractivity contribution in [3.05, 3.63) is 65.5 Å². The minimum absolute atomic E-state index is 0.0950. The Kier molecular flexibility index (Phi) is 5.67. The van der Waals surface area contributed by atoms with E-state index in [1.54, 1.807) is 0 Å². The number of hydrogen-bond donors (Lipinski definition) is 1. The minimum Gasteiger partial charge on any atom is -0.338 e. The fourth-order valence-electron chi connectivity index (χ4n) is 4.07. The molecule has 1 N–H and O–H groups in total. The number of carbonyl (C=O) groups is 2. The number of amides is 2. The van der Waals surface area contributed by atoms with Crippen molar-refractivity contribution >= 4 is 11.8 Å². The van der Waals surface area contributed by atoms with Gasteiger partial charge in [0, 0.05) is 43.0 Å². The lowest BCUT2D eigenvalue weighted by Gasteiger charge is -2.32. The molecule has 0 radical (unpaired) electrons. The summed E-state index contributed by atoms with van der Waals surface area (Å²) in [6.45, 7) is 5.85. The zero-order valence-electron chi connectivity index (χ0n) is 16.1. The number of pyridine rings is 1. The van der Waals surface area contributed by atoms with Crippen LogP contribution >= 0.6 is 0 Å². The molecule has 0 aliphatic carbocycles. The van der Waals surface area contributed by atoms with Gasteiger partial charge in [-0.3, -0.25) is 14.6 Å². The molecule has 2 aliphatic heterocycles. The van der Waals surface area contributed by atoms with Gasteiger partial charge in [0.05, 0.1) is 26.2 Å². The SMILES string of the molecule is O=C1CCCN1Cc1cccc(C(=O)N2CC[NH+](Cc3ccncc3)CC2)c1. The smallest absolute Gasteiger partial charge is 0.254 e. The van der Waals surface area contributed by atoms with Crippen molar-refractivity contribution in [1.82, 2.24) is 14.8 Å². The van der Waals surface area contributed by atoms with E-state index in [0.717, 1.165) is 56.8 Å². The molecule has 6 heteroatoms. The topological polar surface area (TPSA) is 58.0 Å². The highest BCUT2D eigenvalue weighted by Gasteiger charge is 2.25. The summed E-state index contributed by atoms with van der Waals surface area (Å²) in [7, 11) is 0. The van der Waals surface area contributed by atoms with Crippen molar-refractivity contribution in [2.45, 2.75) is 25.9 Å². The van der Waals surface area contributed by atoms with Crippen LogP contribution in [0.25, 0.3) is 0 Å². The predicted octanol–water partition coefficient (Wildman–Crippen LogP) is 0.745. The van der Waals surface area contributed by atoms with Gasteiger partial charge >= 0.3 is 0 Å². The lowest BCUT2D eigenvalue weighted by molar-refractivity contribution is -0.917. The highest BCUT2D eigenvalue weighted by atomic mass is 16.2. The Morgan fingerprint density at radius 1 is 1.04 bits per heavy atom. The largest absolute Gasteiger partial charge is 0.338 e. The van der Waals surface area contributed by atoms with E-state index in [1.807, 2.05) is 46.5 Å². The van der Waals surface area contributed by atoms with Gasteiger partial charge < -0.3 is 14.7 Å². The third-order valence-electron chi connectivity index (χ3n) is 5.68.